The summed E-state index contributed by atoms with van der Waals surface area (Å²) in [6, 6.07) is 23.7. The Morgan fingerprint density at radius 2 is 1.89 bits per heavy atom. The van der Waals surface area contributed by atoms with Crippen molar-refractivity contribution in [1.82, 2.24) is 15.2 Å². The summed E-state index contributed by atoms with van der Waals surface area (Å²) < 4.78 is 2.74. The number of halogens is 1. The highest BCUT2D eigenvalue weighted by molar-refractivity contribution is 9.10. The number of rotatable bonds is 5. The molecule has 1 heterocycles. The van der Waals surface area contributed by atoms with Gasteiger partial charge in [-0.3, -0.25) is 9.48 Å². The quantitative estimate of drug-likeness (QED) is 0.369. The Labute approximate surface area is 170 Å². The van der Waals surface area contributed by atoms with Crippen LogP contribution in [0.5, 0.6) is 0 Å². The molecule has 138 valence electrons. The van der Waals surface area contributed by atoms with Gasteiger partial charge in [0.25, 0.3) is 5.91 Å². The van der Waals surface area contributed by atoms with Crippen molar-refractivity contribution < 1.29 is 4.79 Å². The van der Waals surface area contributed by atoms with E-state index in [4.69, 9.17) is 0 Å². The molecule has 0 aliphatic carbocycles. The summed E-state index contributed by atoms with van der Waals surface area (Å²) >= 11 is 3.46. The molecule has 1 aromatic heterocycles. The fourth-order valence-corrected chi connectivity index (χ4v) is 3.42. The van der Waals surface area contributed by atoms with Gasteiger partial charge in [-0.1, -0.05) is 70.5 Å². The van der Waals surface area contributed by atoms with E-state index in [0.29, 0.717) is 12.2 Å². The summed E-state index contributed by atoms with van der Waals surface area (Å²) in [4.78, 5) is 12.3. The first kappa shape index (κ1) is 18.1. The SMILES string of the molecule is O=C(NN=Cc1cccc2ccccc12)c1ccn(Cc2cccc(Br)c2)n1. The normalized spacial score (nSPS) is 11.2. The average molecular weight is 433 g/mol. The Bertz CT molecular complexity index is 1160. The predicted molar refractivity (Wildman–Crippen MR) is 114 cm³/mol. The van der Waals surface area contributed by atoms with Crippen molar-refractivity contribution in [3.05, 3.63) is 100 Å². The van der Waals surface area contributed by atoms with Crippen molar-refractivity contribution in [3.63, 3.8) is 0 Å². The minimum atomic E-state index is -0.343. The van der Waals surface area contributed by atoms with Crippen LogP contribution in [0.25, 0.3) is 10.8 Å². The Morgan fingerprint density at radius 3 is 2.79 bits per heavy atom. The molecule has 5 nitrogen and oxygen atoms in total. The van der Waals surface area contributed by atoms with Crippen molar-refractivity contribution in [2.75, 3.05) is 0 Å². The van der Waals surface area contributed by atoms with Crippen LogP contribution in [0.2, 0.25) is 0 Å². The van der Waals surface area contributed by atoms with Crippen LogP contribution < -0.4 is 5.43 Å². The highest BCUT2D eigenvalue weighted by atomic mass is 79.9. The van der Waals surface area contributed by atoms with Gasteiger partial charge in [-0.05, 0) is 34.5 Å². The van der Waals surface area contributed by atoms with E-state index in [1.807, 2.05) is 66.7 Å². The summed E-state index contributed by atoms with van der Waals surface area (Å²) in [5, 5.41) is 10.6. The lowest BCUT2D eigenvalue weighted by atomic mass is 10.1. The topological polar surface area (TPSA) is 59.3 Å². The molecular formula is C22H17BrN4O. The summed E-state index contributed by atoms with van der Waals surface area (Å²) in [6.45, 7) is 0.589. The van der Waals surface area contributed by atoms with E-state index in [2.05, 4.69) is 31.6 Å². The minimum absolute atomic E-state index is 0.324. The summed E-state index contributed by atoms with van der Waals surface area (Å²) in [7, 11) is 0. The van der Waals surface area contributed by atoms with Crippen LogP contribution >= 0.6 is 15.9 Å². The molecule has 0 saturated heterocycles. The fraction of sp³-hybridized carbons (Fsp3) is 0.0455. The molecule has 0 spiro atoms. The zero-order chi connectivity index (χ0) is 19.3. The number of hydrogen-bond acceptors (Lipinski definition) is 3. The zero-order valence-corrected chi connectivity index (χ0v) is 16.5. The largest absolute Gasteiger partial charge is 0.291 e. The van der Waals surface area contributed by atoms with Crippen LogP contribution in [0.1, 0.15) is 21.6 Å². The molecule has 0 atom stereocenters. The Hall–Kier alpha value is -3.25. The van der Waals surface area contributed by atoms with E-state index in [1.54, 1.807) is 23.2 Å². The molecule has 0 radical (unpaired) electrons. The summed E-state index contributed by atoms with van der Waals surface area (Å²) in [5.74, 6) is -0.343. The van der Waals surface area contributed by atoms with Crippen LogP contribution in [0.15, 0.2) is 88.6 Å². The van der Waals surface area contributed by atoms with Crippen LogP contribution in [0, 0.1) is 0 Å². The molecule has 0 aliphatic heterocycles. The third-order valence-corrected chi connectivity index (χ3v) is 4.79. The van der Waals surface area contributed by atoms with E-state index in [9.17, 15) is 4.79 Å². The Balaban J connectivity index is 1.43. The molecule has 0 aliphatic rings. The monoisotopic (exact) mass is 432 g/mol. The van der Waals surface area contributed by atoms with Gasteiger partial charge in [0.1, 0.15) is 0 Å². The van der Waals surface area contributed by atoms with Crippen LogP contribution in [0.3, 0.4) is 0 Å². The highest BCUT2D eigenvalue weighted by Gasteiger charge is 2.09. The molecule has 6 heteroatoms. The molecule has 0 bridgehead atoms. The van der Waals surface area contributed by atoms with Gasteiger partial charge in [-0.15, -0.1) is 0 Å². The number of amides is 1. The summed E-state index contributed by atoms with van der Waals surface area (Å²) in [6.07, 6.45) is 3.43. The average Bonchev–Trinajstić information content (AvgIpc) is 3.17. The Kier molecular flexibility index (Phi) is 5.30. The molecule has 1 N–H and O–H groups in total. The van der Waals surface area contributed by atoms with Crippen molar-refractivity contribution >= 4 is 38.8 Å². The second-order valence-corrected chi connectivity index (χ2v) is 7.21. The second-order valence-electron chi connectivity index (χ2n) is 6.30. The lowest BCUT2D eigenvalue weighted by molar-refractivity contribution is 0.0949. The van der Waals surface area contributed by atoms with E-state index in [-0.39, 0.29) is 5.91 Å². The van der Waals surface area contributed by atoms with Crippen molar-refractivity contribution in [2.45, 2.75) is 6.54 Å². The molecule has 1 amide bonds. The minimum Gasteiger partial charge on any atom is -0.268 e. The maximum Gasteiger partial charge on any atom is 0.291 e. The number of nitrogens with zero attached hydrogens (tertiary/aromatic N) is 3. The maximum atomic E-state index is 12.3. The highest BCUT2D eigenvalue weighted by Crippen LogP contribution is 2.16. The maximum absolute atomic E-state index is 12.3. The number of carbonyl (C=O) groups is 1. The second kappa shape index (κ2) is 8.19. The van der Waals surface area contributed by atoms with Gasteiger partial charge in [0, 0.05) is 16.2 Å². The first-order valence-corrected chi connectivity index (χ1v) is 9.57. The van der Waals surface area contributed by atoms with Gasteiger partial charge >= 0.3 is 0 Å². The molecule has 0 saturated carbocycles. The van der Waals surface area contributed by atoms with Gasteiger partial charge in [0.2, 0.25) is 0 Å². The van der Waals surface area contributed by atoms with Gasteiger partial charge in [-0.25, -0.2) is 5.43 Å². The van der Waals surface area contributed by atoms with Gasteiger partial charge in [-0.2, -0.15) is 10.2 Å². The fourth-order valence-electron chi connectivity index (χ4n) is 2.97. The zero-order valence-electron chi connectivity index (χ0n) is 14.9. The van der Waals surface area contributed by atoms with Crippen molar-refractivity contribution in [3.8, 4) is 0 Å². The molecule has 3 aromatic carbocycles. The standard InChI is InChI=1S/C22H17BrN4O/c23-19-9-3-5-16(13-19)15-27-12-11-21(26-27)22(28)25-24-14-18-8-4-7-17-6-1-2-10-20(17)18/h1-14H,15H2,(H,25,28). The van der Waals surface area contributed by atoms with Crippen molar-refractivity contribution in [2.24, 2.45) is 5.10 Å². The van der Waals surface area contributed by atoms with E-state index in [1.165, 1.54) is 0 Å². The molecule has 4 rings (SSSR count). The van der Waals surface area contributed by atoms with Gasteiger partial charge in [0.05, 0.1) is 12.8 Å². The number of fused-ring (bicyclic) bond motifs is 1. The number of aromatic nitrogens is 2. The van der Waals surface area contributed by atoms with E-state index in [0.717, 1.165) is 26.4 Å². The van der Waals surface area contributed by atoms with Crippen molar-refractivity contribution in [1.29, 1.82) is 0 Å². The number of benzene rings is 3. The molecular weight excluding hydrogens is 416 g/mol. The molecule has 4 aromatic rings. The van der Waals surface area contributed by atoms with E-state index >= 15 is 0 Å². The molecule has 0 fully saturated rings. The van der Waals surface area contributed by atoms with Crippen LogP contribution in [-0.2, 0) is 6.54 Å². The summed E-state index contributed by atoms with van der Waals surface area (Å²) in [5.41, 5.74) is 4.91. The van der Waals surface area contributed by atoms with Gasteiger partial charge in [0.15, 0.2) is 5.69 Å². The predicted octanol–water partition coefficient (Wildman–Crippen LogP) is 4.61. The third kappa shape index (κ3) is 4.18. The lowest BCUT2D eigenvalue weighted by Crippen LogP contribution is -2.18. The smallest absolute Gasteiger partial charge is 0.268 e. The number of carbonyl (C=O) groups excluding carboxylic acids is 1. The third-order valence-electron chi connectivity index (χ3n) is 4.30. The first-order chi connectivity index (χ1) is 13.7. The van der Waals surface area contributed by atoms with Crippen LogP contribution in [-0.4, -0.2) is 21.9 Å². The van der Waals surface area contributed by atoms with Crippen LogP contribution in [0.4, 0.5) is 0 Å². The van der Waals surface area contributed by atoms with E-state index < -0.39 is 0 Å². The lowest BCUT2D eigenvalue weighted by Gasteiger charge is -2.02. The first-order valence-electron chi connectivity index (χ1n) is 8.78. The Morgan fingerprint density at radius 1 is 1.07 bits per heavy atom. The van der Waals surface area contributed by atoms with Gasteiger partial charge < -0.3 is 0 Å². The number of nitrogens with one attached hydrogen (secondary N) is 1. The number of hydrogen-bond donors (Lipinski definition) is 1. The molecule has 0 unspecified atom stereocenters. The molecule has 28 heavy (non-hydrogen) atoms. The number of hydrazone groups is 1.